The van der Waals surface area contributed by atoms with Crippen molar-refractivity contribution < 1.29 is 15.0 Å². The van der Waals surface area contributed by atoms with Crippen molar-refractivity contribution in [2.24, 2.45) is 11.7 Å². The number of phenolic OH excluding ortho intramolecular Hbond substituents is 2. The van der Waals surface area contributed by atoms with Gasteiger partial charge in [0.15, 0.2) is 0 Å². The number of thiocarbonyl (C=S) groups is 1. The Hall–Kier alpha value is -1.82. The molecule has 1 rings (SSSR count). The first-order chi connectivity index (χ1) is 8.34. The van der Waals surface area contributed by atoms with Gasteiger partial charge in [0.05, 0.1) is 11.0 Å². The zero-order chi connectivity index (χ0) is 13.9. The topological polar surface area (TPSA) is 95.6 Å². The van der Waals surface area contributed by atoms with Crippen molar-refractivity contribution in [3.63, 3.8) is 0 Å². The van der Waals surface area contributed by atoms with Crippen molar-refractivity contribution in [3.8, 4) is 11.5 Å². The zero-order valence-electron chi connectivity index (χ0n) is 10.2. The average Bonchev–Trinajstić information content (AvgIpc) is 2.24. The van der Waals surface area contributed by atoms with Gasteiger partial charge in [-0.1, -0.05) is 32.1 Å². The molecule has 0 fully saturated rings. The van der Waals surface area contributed by atoms with Crippen molar-refractivity contribution in [2.75, 3.05) is 0 Å². The number of hydrogen-bond donors (Lipinski definition) is 4. The van der Waals surface area contributed by atoms with Crippen LogP contribution < -0.4 is 11.1 Å². The van der Waals surface area contributed by atoms with Gasteiger partial charge < -0.3 is 21.3 Å². The molecule has 0 heterocycles. The van der Waals surface area contributed by atoms with Crippen LogP contribution >= 0.6 is 12.2 Å². The van der Waals surface area contributed by atoms with E-state index in [9.17, 15) is 15.0 Å². The van der Waals surface area contributed by atoms with Gasteiger partial charge in [-0.2, -0.15) is 0 Å². The van der Waals surface area contributed by atoms with Crippen molar-refractivity contribution >= 4 is 23.1 Å². The van der Waals surface area contributed by atoms with Crippen LogP contribution in [0.15, 0.2) is 18.2 Å². The lowest BCUT2D eigenvalue weighted by atomic mass is 10.0. The van der Waals surface area contributed by atoms with Crippen LogP contribution in [0.5, 0.6) is 11.5 Å². The number of phenols is 2. The fraction of sp³-hybridized carbons (Fsp3) is 0.333. The van der Waals surface area contributed by atoms with E-state index in [1.165, 1.54) is 18.2 Å². The highest BCUT2D eigenvalue weighted by molar-refractivity contribution is 7.80. The molecule has 1 aromatic rings. The Morgan fingerprint density at radius 3 is 2.22 bits per heavy atom. The molecule has 1 atom stereocenters. The summed E-state index contributed by atoms with van der Waals surface area (Å²) in [4.78, 5) is 12.1. The lowest BCUT2D eigenvalue weighted by Crippen LogP contribution is -2.46. The third-order valence-electron chi connectivity index (χ3n) is 2.51. The molecule has 1 aromatic carbocycles. The molecule has 0 radical (unpaired) electrons. The minimum Gasteiger partial charge on any atom is -0.507 e. The minimum atomic E-state index is -0.614. The maximum Gasteiger partial charge on any atom is 0.259 e. The first kappa shape index (κ1) is 14.2. The molecule has 1 unspecified atom stereocenters. The number of rotatable bonds is 4. The van der Waals surface area contributed by atoms with Gasteiger partial charge in [-0.15, -0.1) is 0 Å². The van der Waals surface area contributed by atoms with E-state index in [0.29, 0.717) is 0 Å². The monoisotopic (exact) mass is 268 g/mol. The quantitative estimate of drug-likeness (QED) is 0.614. The van der Waals surface area contributed by atoms with E-state index in [2.05, 4.69) is 5.32 Å². The summed E-state index contributed by atoms with van der Waals surface area (Å²) in [5.41, 5.74) is 5.35. The lowest BCUT2D eigenvalue weighted by Gasteiger charge is -2.21. The summed E-state index contributed by atoms with van der Waals surface area (Å²) in [6.07, 6.45) is 0. The van der Waals surface area contributed by atoms with Gasteiger partial charge >= 0.3 is 0 Å². The van der Waals surface area contributed by atoms with Gasteiger partial charge in [-0.25, -0.2) is 0 Å². The molecule has 6 heteroatoms. The third-order valence-corrected chi connectivity index (χ3v) is 2.76. The second-order valence-electron chi connectivity index (χ2n) is 4.27. The van der Waals surface area contributed by atoms with E-state index in [1.807, 2.05) is 13.8 Å². The predicted molar refractivity (Wildman–Crippen MR) is 72.6 cm³/mol. The summed E-state index contributed by atoms with van der Waals surface area (Å²) in [6, 6.07) is 3.58. The number of nitrogens with one attached hydrogen (secondary N) is 1. The molecule has 0 saturated heterocycles. The van der Waals surface area contributed by atoms with Crippen LogP contribution in [0.1, 0.15) is 24.2 Å². The molecule has 0 saturated carbocycles. The number of hydrogen-bond acceptors (Lipinski definition) is 4. The molecule has 5 N–H and O–H groups in total. The SMILES string of the molecule is CC(C)C(NC(=O)c1c(O)cccc1O)C(N)=S. The fourth-order valence-electron chi connectivity index (χ4n) is 1.54. The average molecular weight is 268 g/mol. The molecule has 0 aliphatic heterocycles. The summed E-state index contributed by atoms with van der Waals surface area (Å²) in [5, 5.41) is 21.7. The Labute approximate surface area is 111 Å². The predicted octanol–water partition coefficient (Wildman–Crippen LogP) is 1.14. The van der Waals surface area contributed by atoms with Crippen LogP contribution in [0.3, 0.4) is 0 Å². The van der Waals surface area contributed by atoms with Gasteiger partial charge in [-0.3, -0.25) is 4.79 Å². The maximum atomic E-state index is 12.0. The lowest BCUT2D eigenvalue weighted by molar-refractivity contribution is 0.0934. The number of nitrogens with two attached hydrogens (primary N) is 1. The van der Waals surface area contributed by atoms with Crippen LogP contribution in [-0.2, 0) is 0 Å². The Bertz CT molecular complexity index is 454. The Morgan fingerprint density at radius 1 is 1.33 bits per heavy atom. The normalized spacial score (nSPS) is 12.2. The first-order valence-corrected chi connectivity index (χ1v) is 5.86. The van der Waals surface area contributed by atoms with Crippen LogP contribution in [-0.4, -0.2) is 27.2 Å². The summed E-state index contributed by atoms with van der Waals surface area (Å²) >= 11 is 4.87. The van der Waals surface area contributed by atoms with Crippen LogP contribution in [0, 0.1) is 5.92 Å². The molecule has 0 aromatic heterocycles. The molecule has 1 amide bonds. The van der Waals surface area contributed by atoms with Gasteiger partial charge in [-0.05, 0) is 18.1 Å². The highest BCUT2D eigenvalue weighted by Gasteiger charge is 2.23. The molecule has 18 heavy (non-hydrogen) atoms. The second kappa shape index (κ2) is 5.68. The van der Waals surface area contributed by atoms with E-state index in [-0.39, 0.29) is 28.0 Å². The van der Waals surface area contributed by atoms with Crippen molar-refractivity contribution in [1.29, 1.82) is 0 Å². The Morgan fingerprint density at radius 2 is 1.83 bits per heavy atom. The summed E-state index contributed by atoms with van der Waals surface area (Å²) < 4.78 is 0. The van der Waals surface area contributed by atoms with Gasteiger partial charge in [0, 0.05) is 0 Å². The molecule has 0 aliphatic rings. The Kier molecular flexibility index (Phi) is 4.49. The molecular formula is C12H16N2O3S. The van der Waals surface area contributed by atoms with Gasteiger partial charge in [0.25, 0.3) is 5.91 Å². The number of amides is 1. The highest BCUT2D eigenvalue weighted by Crippen LogP contribution is 2.26. The minimum absolute atomic E-state index is 0.0134. The molecule has 98 valence electrons. The summed E-state index contributed by atoms with van der Waals surface area (Å²) in [6.45, 7) is 3.71. The Balaban J connectivity index is 2.98. The van der Waals surface area contributed by atoms with E-state index in [1.54, 1.807) is 0 Å². The summed E-state index contributed by atoms with van der Waals surface area (Å²) in [7, 11) is 0. The molecule has 0 bridgehead atoms. The van der Waals surface area contributed by atoms with Gasteiger partial charge in [0.2, 0.25) is 0 Å². The highest BCUT2D eigenvalue weighted by atomic mass is 32.1. The van der Waals surface area contributed by atoms with Crippen molar-refractivity contribution in [3.05, 3.63) is 23.8 Å². The number of carbonyl (C=O) groups is 1. The largest absolute Gasteiger partial charge is 0.507 e. The number of benzene rings is 1. The number of carbonyl (C=O) groups excluding carboxylic acids is 1. The number of aromatic hydroxyl groups is 2. The standard InChI is InChI=1S/C12H16N2O3S/c1-6(2)10(11(13)18)14-12(17)9-7(15)4-3-5-8(9)16/h3-6,10,15-16H,1-2H3,(H2,13,18)(H,14,17). The van der Waals surface area contributed by atoms with Crippen LogP contribution in [0.25, 0.3) is 0 Å². The van der Waals surface area contributed by atoms with Crippen molar-refractivity contribution in [2.45, 2.75) is 19.9 Å². The van der Waals surface area contributed by atoms with Gasteiger partial charge in [0.1, 0.15) is 17.1 Å². The van der Waals surface area contributed by atoms with E-state index >= 15 is 0 Å². The van der Waals surface area contributed by atoms with Crippen molar-refractivity contribution in [1.82, 2.24) is 5.32 Å². The molecular weight excluding hydrogens is 252 g/mol. The molecule has 0 aliphatic carbocycles. The molecule has 0 spiro atoms. The molecule has 5 nitrogen and oxygen atoms in total. The van der Waals surface area contributed by atoms with E-state index < -0.39 is 11.9 Å². The summed E-state index contributed by atoms with van der Waals surface area (Å²) in [5.74, 6) is -1.19. The second-order valence-corrected chi connectivity index (χ2v) is 4.74. The van der Waals surface area contributed by atoms with Crippen LogP contribution in [0.4, 0.5) is 0 Å². The first-order valence-electron chi connectivity index (χ1n) is 5.45. The maximum absolute atomic E-state index is 12.0. The third kappa shape index (κ3) is 3.10. The zero-order valence-corrected chi connectivity index (χ0v) is 11.0. The fourth-order valence-corrected chi connectivity index (χ4v) is 1.87. The van der Waals surface area contributed by atoms with E-state index in [0.717, 1.165) is 0 Å². The van der Waals surface area contributed by atoms with E-state index in [4.69, 9.17) is 18.0 Å². The van der Waals surface area contributed by atoms with Crippen LogP contribution in [0.2, 0.25) is 0 Å². The smallest absolute Gasteiger partial charge is 0.259 e.